The van der Waals surface area contributed by atoms with E-state index in [4.69, 9.17) is 0 Å². The van der Waals surface area contributed by atoms with Gasteiger partial charge in [0.05, 0.1) is 11.4 Å². The summed E-state index contributed by atoms with van der Waals surface area (Å²) in [7, 11) is 0. The van der Waals surface area contributed by atoms with Crippen LogP contribution in [0.2, 0.25) is 0 Å². The smallest absolute Gasteiger partial charge is 0.133 e. The van der Waals surface area contributed by atoms with E-state index in [-0.39, 0.29) is 11.7 Å². The summed E-state index contributed by atoms with van der Waals surface area (Å²) >= 11 is 0. The van der Waals surface area contributed by atoms with E-state index in [1.807, 2.05) is 37.3 Å². The molecular formula is C19H17FN2. The Bertz CT molecular complexity index is 833. The molecule has 1 heterocycles. The summed E-state index contributed by atoms with van der Waals surface area (Å²) in [6.07, 6.45) is 0. The van der Waals surface area contributed by atoms with Gasteiger partial charge in [-0.1, -0.05) is 49.4 Å². The summed E-state index contributed by atoms with van der Waals surface area (Å²) in [6, 6.07) is 13.9. The van der Waals surface area contributed by atoms with E-state index in [2.05, 4.69) is 29.4 Å². The molecule has 2 nitrogen and oxygen atoms in total. The summed E-state index contributed by atoms with van der Waals surface area (Å²) in [4.78, 5) is 4.59. The van der Waals surface area contributed by atoms with Crippen LogP contribution < -0.4 is 5.32 Å². The quantitative estimate of drug-likeness (QED) is 0.843. The average molecular weight is 292 g/mol. The summed E-state index contributed by atoms with van der Waals surface area (Å²) in [5.41, 5.74) is 6.68. The fourth-order valence-electron chi connectivity index (χ4n) is 3.49. The van der Waals surface area contributed by atoms with Gasteiger partial charge in [-0.2, -0.15) is 0 Å². The molecule has 2 aromatic rings. The molecule has 0 spiro atoms. The standard InChI is InChI=1S/C19H17FN2/c1-11-6-5-9-15(17(11)20)16-12(2)13-7-3-4-8-14(13)18-19(16)22-10-21-18/h3-9,12,22H,10H2,1-2H3. The van der Waals surface area contributed by atoms with E-state index in [9.17, 15) is 4.39 Å². The van der Waals surface area contributed by atoms with Gasteiger partial charge < -0.3 is 5.32 Å². The van der Waals surface area contributed by atoms with Crippen LogP contribution in [-0.4, -0.2) is 12.4 Å². The van der Waals surface area contributed by atoms with Gasteiger partial charge in [-0.15, -0.1) is 0 Å². The first-order valence-electron chi connectivity index (χ1n) is 7.56. The van der Waals surface area contributed by atoms with Gasteiger partial charge in [0.15, 0.2) is 0 Å². The molecule has 2 aromatic carbocycles. The van der Waals surface area contributed by atoms with Crippen LogP contribution in [0.25, 0.3) is 5.57 Å². The topological polar surface area (TPSA) is 24.4 Å². The third-order valence-corrected chi connectivity index (χ3v) is 4.60. The second-order valence-electron chi connectivity index (χ2n) is 5.88. The van der Waals surface area contributed by atoms with Crippen molar-refractivity contribution in [1.82, 2.24) is 5.32 Å². The van der Waals surface area contributed by atoms with Crippen LogP contribution in [0.5, 0.6) is 0 Å². The van der Waals surface area contributed by atoms with Crippen molar-refractivity contribution < 1.29 is 4.39 Å². The lowest BCUT2D eigenvalue weighted by Crippen LogP contribution is -2.23. The Kier molecular flexibility index (Phi) is 2.89. The Morgan fingerprint density at radius 3 is 2.73 bits per heavy atom. The lowest BCUT2D eigenvalue weighted by atomic mass is 9.77. The highest BCUT2D eigenvalue weighted by Crippen LogP contribution is 2.42. The Morgan fingerprint density at radius 1 is 1.09 bits per heavy atom. The van der Waals surface area contributed by atoms with Crippen LogP contribution in [0.4, 0.5) is 4.39 Å². The third kappa shape index (κ3) is 1.75. The number of halogens is 1. The van der Waals surface area contributed by atoms with Gasteiger partial charge in [-0.3, -0.25) is 4.99 Å². The van der Waals surface area contributed by atoms with Crippen LogP contribution >= 0.6 is 0 Å². The van der Waals surface area contributed by atoms with Gasteiger partial charge in [-0.25, -0.2) is 4.39 Å². The monoisotopic (exact) mass is 292 g/mol. The fourth-order valence-corrected chi connectivity index (χ4v) is 3.49. The molecule has 1 unspecified atom stereocenters. The lowest BCUT2D eigenvalue weighted by Gasteiger charge is -2.28. The molecule has 0 bridgehead atoms. The summed E-state index contributed by atoms with van der Waals surface area (Å²) in [5, 5.41) is 3.33. The Balaban J connectivity index is 2.00. The molecule has 1 aliphatic heterocycles. The van der Waals surface area contributed by atoms with Crippen molar-refractivity contribution in [1.29, 1.82) is 0 Å². The number of aryl methyl sites for hydroxylation is 1. The molecule has 0 saturated carbocycles. The second-order valence-corrected chi connectivity index (χ2v) is 5.88. The number of hydrogen-bond donors (Lipinski definition) is 1. The number of benzene rings is 2. The summed E-state index contributed by atoms with van der Waals surface area (Å²) < 4.78 is 14.7. The molecule has 2 aliphatic rings. The maximum absolute atomic E-state index is 14.7. The molecule has 0 fully saturated rings. The molecule has 1 aliphatic carbocycles. The Morgan fingerprint density at radius 2 is 1.86 bits per heavy atom. The van der Waals surface area contributed by atoms with Crippen LogP contribution in [-0.2, 0) is 0 Å². The van der Waals surface area contributed by atoms with E-state index in [0.717, 1.165) is 22.5 Å². The predicted molar refractivity (Wildman–Crippen MR) is 87.5 cm³/mol. The SMILES string of the molecule is Cc1cccc(C2=C3NCN=C3c3ccccc3C2C)c1F. The number of nitrogens with one attached hydrogen (secondary N) is 1. The maximum Gasteiger partial charge on any atom is 0.133 e. The zero-order chi connectivity index (χ0) is 15.3. The van der Waals surface area contributed by atoms with E-state index < -0.39 is 0 Å². The van der Waals surface area contributed by atoms with Crippen LogP contribution in [0, 0.1) is 12.7 Å². The van der Waals surface area contributed by atoms with Crippen molar-refractivity contribution in [3.63, 3.8) is 0 Å². The molecule has 0 amide bonds. The lowest BCUT2D eigenvalue weighted by molar-refractivity contribution is 0.612. The number of nitrogens with zero attached hydrogens (tertiary/aromatic N) is 1. The minimum atomic E-state index is -0.135. The molecule has 1 atom stereocenters. The van der Waals surface area contributed by atoms with Crippen molar-refractivity contribution in [2.75, 3.05) is 6.67 Å². The van der Waals surface area contributed by atoms with Crippen molar-refractivity contribution in [3.05, 3.63) is 76.2 Å². The number of allylic oxidation sites excluding steroid dienone is 2. The minimum absolute atomic E-state index is 0.132. The highest BCUT2D eigenvalue weighted by Gasteiger charge is 2.33. The molecule has 22 heavy (non-hydrogen) atoms. The number of rotatable bonds is 1. The molecular weight excluding hydrogens is 275 g/mol. The molecule has 0 aromatic heterocycles. The molecule has 110 valence electrons. The van der Waals surface area contributed by atoms with Crippen molar-refractivity contribution in [2.24, 2.45) is 4.99 Å². The van der Waals surface area contributed by atoms with Gasteiger partial charge in [0.2, 0.25) is 0 Å². The summed E-state index contributed by atoms with van der Waals surface area (Å²) in [5.74, 6) is -0.00340. The second kappa shape index (κ2) is 4.80. The van der Waals surface area contributed by atoms with Gasteiger partial charge in [-0.05, 0) is 23.6 Å². The molecule has 0 radical (unpaired) electrons. The fraction of sp³-hybridized carbons (Fsp3) is 0.211. The van der Waals surface area contributed by atoms with Gasteiger partial charge in [0.1, 0.15) is 12.5 Å². The van der Waals surface area contributed by atoms with E-state index in [0.29, 0.717) is 17.8 Å². The molecule has 1 N–H and O–H groups in total. The van der Waals surface area contributed by atoms with Gasteiger partial charge in [0, 0.05) is 17.0 Å². The first-order valence-corrected chi connectivity index (χ1v) is 7.56. The number of hydrogen-bond acceptors (Lipinski definition) is 2. The summed E-state index contributed by atoms with van der Waals surface area (Å²) in [6.45, 7) is 4.50. The van der Waals surface area contributed by atoms with Crippen LogP contribution in [0.1, 0.15) is 35.1 Å². The van der Waals surface area contributed by atoms with Crippen molar-refractivity contribution in [2.45, 2.75) is 19.8 Å². The Hall–Kier alpha value is -2.42. The first kappa shape index (κ1) is 13.3. The van der Waals surface area contributed by atoms with Crippen molar-refractivity contribution >= 4 is 11.3 Å². The average Bonchev–Trinajstić information content (AvgIpc) is 3.01. The Labute approximate surface area is 129 Å². The highest BCUT2D eigenvalue weighted by atomic mass is 19.1. The number of aliphatic imine (C=N–C) groups is 1. The zero-order valence-electron chi connectivity index (χ0n) is 12.7. The minimum Gasteiger partial charge on any atom is -0.364 e. The first-order chi connectivity index (χ1) is 10.7. The van der Waals surface area contributed by atoms with Crippen molar-refractivity contribution in [3.8, 4) is 0 Å². The zero-order valence-corrected chi connectivity index (χ0v) is 12.7. The van der Waals surface area contributed by atoms with Gasteiger partial charge >= 0.3 is 0 Å². The van der Waals surface area contributed by atoms with E-state index in [1.165, 1.54) is 5.56 Å². The maximum atomic E-state index is 14.7. The third-order valence-electron chi connectivity index (χ3n) is 4.60. The van der Waals surface area contributed by atoms with E-state index >= 15 is 0 Å². The highest BCUT2D eigenvalue weighted by molar-refractivity contribution is 6.20. The van der Waals surface area contributed by atoms with Crippen LogP contribution in [0.15, 0.2) is 53.2 Å². The molecule has 3 heteroatoms. The number of fused-ring (bicyclic) bond motifs is 3. The molecule has 0 saturated heterocycles. The predicted octanol–water partition coefficient (Wildman–Crippen LogP) is 4.01. The van der Waals surface area contributed by atoms with E-state index in [1.54, 1.807) is 0 Å². The largest absolute Gasteiger partial charge is 0.364 e. The van der Waals surface area contributed by atoms with Crippen LogP contribution in [0.3, 0.4) is 0 Å². The van der Waals surface area contributed by atoms with Gasteiger partial charge in [0.25, 0.3) is 0 Å². The molecule has 4 rings (SSSR count). The normalized spacial score (nSPS) is 19.4.